The molecule has 1 atom stereocenters. The summed E-state index contributed by atoms with van der Waals surface area (Å²) in [6.45, 7) is 2.12. The highest BCUT2D eigenvalue weighted by molar-refractivity contribution is 7.99. The molecule has 0 unspecified atom stereocenters. The van der Waals surface area contributed by atoms with Crippen LogP contribution in [0.15, 0.2) is 54.6 Å². The molecule has 2 nitrogen and oxygen atoms in total. The fraction of sp³-hybridized carbons (Fsp3) is 0.235. The fourth-order valence-corrected chi connectivity index (χ4v) is 2.93. The van der Waals surface area contributed by atoms with Crippen LogP contribution in [-0.2, 0) is 4.79 Å². The van der Waals surface area contributed by atoms with Gasteiger partial charge in [-0.2, -0.15) is 11.8 Å². The van der Waals surface area contributed by atoms with Crippen molar-refractivity contribution >= 4 is 23.4 Å². The van der Waals surface area contributed by atoms with Gasteiger partial charge in [-0.3, -0.25) is 4.79 Å². The van der Waals surface area contributed by atoms with Gasteiger partial charge in [0.1, 0.15) is 5.82 Å². The summed E-state index contributed by atoms with van der Waals surface area (Å²) < 4.78 is 13.4. The Labute approximate surface area is 128 Å². The highest BCUT2D eigenvalue weighted by Gasteiger charge is 2.09. The topological polar surface area (TPSA) is 29.1 Å². The first-order valence-corrected chi connectivity index (χ1v) is 7.92. The summed E-state index contributed by atoms with van der Waals surface area (Å²) in [6, 6.07) is 16.4. The number of amides is 1. The van der Waals surface area contributed by atoms with Crippen LogP contribution in [0, 0.1) is 5.82 Å². The van der Waals surface area contributed by atoms with Crippen LogP contribution in [0.1, 0.15) is 24.2 Å². The predicted molar refractivity (Wildman–Crippen MR) is 87.0 cm³/mol. The lowest BCUT2D eigenvalue weighted by atomic mass is 10.2. The molecule has 0 saturated carbocycles. The van der Waals surface area contributed by atoms with Crippen molar-refractivity contribution in [3.8, 4) is 0 Å². The molecular weight excluding hydrogens is 285 g/mol. The number of hydrogen-bond acceptors (Lipinski definition) is 2. The number of nitrogens with one attached hydrogen (secondary N) is 1. The molecule has 0 aliphatic heterocycles. The molecule has 110 valence electrons. The monoisotopic (exact) mass is 303 g/mol. The van der Waals surface area contributed by atoms with Gasteiger partial charge in [0, 0.05) is 17.4 Å². The molecule has 0 saturated heterocycles. The third-order valence-corrected chi connectivity index (χ3v) is 4.33. The molecule has 0 fully saturated rings. The highest BCUT2D eigenvalue weighted by Crippen LogP contribution is 2.28. The zero-order valence-electron chi connectivity index (χ0n) is 11.9. The Hall–Kier alpha value is -1.81. The summed E-state index contributed by atoms with van der Waals surface area (Å²) in [6.07, 6.45) is 0.371. The third-order valence-electron chi connectivity index (χ3n) is 3.11. The fourth-order valence-electron chi connectivity index (χ4n) is 1.92. The van der Waals surface area contributed by atoms with Crippen LogP contribution < -0.4 is 5.32 Å². The van der Waals surface area contributed by atoms with Crippen LogP contribution in [0.5, 0.6) is 0 Å². The maximum absolute atomic E-state index is 13.4. The van der Waals surface area contributed by atoms with E-state index in [4.69, 9.17) is 0 Å². The van der Waals surface area contributed by atoms with Crippen molar-refractivity contribution in [1.29, 1.82) is 0 Å². The first kappa shape index (κ1) is 15.6. The van der Waals surface area contributed by atoms with Gasteiger partial charge in [-0.15, -0.1) is 0 Å². The standard InChI is InChI=1S/C17H18FNOS/c1-13(14-7-3-2-4-8-14)21-12-11-17(20)19-16-10-6-5-9-15(16)18/h2-10,13H,11-12H2,1H3,(H,19,20)/t13-/m0/s1. The Kier molecular flexibility index (Phi) is 5.81. The van der Waals surface area contributed by atoms with E-state index in [2.05, 4.69) is 24.4 Å². The van der Waals surface area contributed by atoms with Gasteiger partial charge >= 0.3 is 0 Å². The van der Waals surface area contributed by atoms with Crippen LogP contribution in [0.2, 0.25) is 0 Å². The molecule has 0 aliphatic rings. The lowest BCUT2D eigenvalue weighted by molar-refractivity contribution is -0.115. The van der Waals surface area contributed by atoms with Gasteiger partial charge in [0.25, 0.3) is 0 Å². The Morgan fingerprint density at radius 2 is 1.81 bits per heavy atom. The SMILES string of the molecule is C[C@H](SCCC(=O)Nc1ccccc1F)c1ccccc1. The molecule has 2 aromatic carbocycles. The van der Waals surface area contributed by atoms with Gasteiger partial charge in [-0.1, -0.05) is 42.5 Å². The van der Waals surface area contributed by atoms with E-state index >= 15 is 0 Å². The minimum atomic E-state index is -0.406. The molecule has 0 spiro atoms. The number of benzene rings is 2. The Bertz CT molecular complexity index is 588. The van der Waals surface area contributed by atoms with Gasteiger partial charge < -0.3 is 5.32 Å². The Balaban J connectivity index is 1.76. The molecule has 0 bridgehead atoms. The van der Waals surface area contributed by atoms with Crippen molar-refractivity contribution < 1.29 is 9.18 Å². The van der Waals surface area contributed by atoms with E-state index in [-0.39, 0.29) is 11.6 Å². The number of rotatable bonds is 6. The van der Waals surface area contributed by atoms with E-state index in [0.717, 1.165) is 0 Å². The molecule has 21 heavy (non-hydrogen) atoms. The van der Waals surface area contributed by atoms with Gasteiger partial charge in [0.15, 0.2) is 0 Å². The number of hydrogen-bond donors (Lipinski definition) is 1. The largest absolute Gasteiger partial charge is 0.324 e. The first-order valence-electron chi connectivity index (χ1n) is 6.88. The molecule has 0 radical (unpaired) electrons. The van der Waals surface area contributed by atoms with E-state index in [1.807, 2.05) is 18.2 Å². The predicted octanol–water partition coefficient (Wildman–Crippen LogP) is 4.65. The van der Waals surface area contributed by atoms with Crippen LogP contribution in [0.3, 0.4) is 0 Å². The minimum Gasteiger partial charge on any atom is -0.324 e. The maximum Gasteiger partial charge on any atom is 0.225 e. The average Bonchev–Trinajstić information content (AvgIpc) is 2.50. The molecule has 2 aromatic rings. The second-order valence-corrected chi connectivity index (χ2v) is 6.15. The van der Waals surface area contributed by atoms with Gasteiger partial charge in [-0.25, -0.2) is 4.39 Å². The second-order valence-electron chi connectivity index (χ2n) is 4.70. The summed E-state index contributed by atoms with van der Waals surface area (Å²) in [5.74, 6) is 0.139. The van der Waals surface area contributed by atoms with Crippen LogP contribution in [0.4, 0.5) is 10.1 Å². The van der Waals surface area contributed by atoms with Crippen molar-refractivity contribution in [1.82, 2.24) is 0 Å². The molecular formula is C17H18FNOS. The second kappa shape index (κ2) is 7.84. The number of carbonyl (C=O) groups excluding carboxylic acids is 1. The molecule has 0 aromatic heterocycles. The van der Waals surface area contributed by atoms with Crippen LogP contribution >= 0.6 is 11.8 Å². The number of thioether (sulfide) groups is 1. The molecule has 1 N–H and O–H groups in total. The van der Waals surface area contributed by atoms with Crippen molar-refractivity contribution in [3.05, 3.63) is 66.0 Å². The zero-order chi connectivity index (χ0) is 15.1. The van der Waals surface area contributed by atoms with Gasteiger partial charge in [-0.05, 0) is 24.6 Å². The lowest BCUT2D eigenvalue weighted by Gasteiger charge is -2.11. The Morgan fingerprint density at radius 3 is 2.52 bits per heavy atom. The Morgan fingerprint density at radius 1 is 1.14 bits per heavy atom. The number of halogens is 1. The number of anilines is 1. The summed E-state index contributed by atoms with van der Waals surface area (Å²) in [7, 11) is 0. The van der Waals surface area contributed by atoms with Gasteiger partial charge in [0.2, 0.25) is 5.91 Å². The zero-order valence-corrected chi connectivity index (χ0v) is 12.7. The third kappa shape index (κ3) is 4.90. The summed E-state index contributed by atoms with van der Waals surface area (Å²) >= 11 is 1.72. The van der Waals surface area contributed by atoms with E-state index in [1.165, 1.54) is 11.6 Å². The van der Waals surface area contributed by atoms with E-state index in [0.29, 0.717) is 17.4 Å². The molecule has 0 heterocycles. The summed E-state index contributed by atoms with van der Waals surface area (Å²) in [4.78, 5) is 11.8. The van der Waals surface area contributed by atoms with Gasteiger partial charge in [0.05, 0.1) is 5.69 Å². The maximum atomic E-state index is 13.4. The summed E-state index contributed by atoms with van der Waals surface area (Å²) in [5.41, 5.74) is 1.49. The van der Waals surface area contributed by atoms with Crippen molar-refractivity contribution in [3.63, 3.8) is 0 Å². The summed E-state index contributed by atoms with van der Waals surface area (Å²) in [5, 5.41) is 2.94. The van der Waals surface area contributed by atoms with Crippen molar-refractivity contribution in [2.75, 3.05) is 11.1 Å². The normalized spacial score (nSPS) is 11.9. The molecule has 1 amide bonds. The van der Waals surface area contributed by atoms with Crippen LogP contribution in [-0.4, -0.2) is 11.7 Å². The first-order chi connectivity index (χ1) is 10.2. The smallest absolute Gasteiger partial charge is 0.225 e. The van der Waals surface area contributed by atoms with Crippen molar-refractivity contribution in [2.24, 2.45) is 0 Å². The number of para-hydroxylation sites is 1. The lowest BCUT2D eigenvalue weighted by Crippen LogP contribution is -2.13. The molecule has 4 heteroatoms. The highest BCUT2D eigenvalue weighted by atomic mass is 32.2. The minimum absolute atomic E-state index is 0.159. The van der Waals surface area contributed by atoms with Crippen LogP contribution in [0.25, 0.3) is 0 Å². The van der Waals surface area contributed by atoms with E-state index in [1.54, 1.807) is 30.0 Å². The van der Waals surface area contributed by atoms with E-state index in [9.17, 15) is 9.18 Å². The average molecular weight is 303 g/mol. The number of carbonyl (C=O) groups is 1. The molecule has 0 aliphatic carbocycles. The quantitative estimate of drug-likeness (QED) is 0.841. The molecule has 2 rings (SSSR count). The van der Waals surface area contributed by atoms with Crippen molar-refractivity contribution in [2.45, 2.75) is 18.6 Å². The van der Waals surface area contributed by atoms with E-state index < -0.39 is 5.82 Å².